The molecule has 0 radical (unpaired) electrons. The Balaban J connectivity index is 2.00. The largest absolute Gasteiger partial charge is 0.387 e. The van der Waals surface area contributed by atoms with E-state index in [4.69, 9.17) is 0 Å². The van der Waals surface area contributed by atoms with Gasteiger partial charge in [0.2, 0.25) is 0 Å². The second-order valence-electron chi connectivity index (χ2n) is 4.31. The van der Waals surface area contributed by atoms with E-state index in [2.05, 4.69) is 12.2 Å². The van der Waals surface area contributed by atoms with Crippen molar-refractivity contribution >= 4 is 0 Å². The smallest absolute Gasteiger partial charge is 0.0942 e. The molecule has 2 atom stereocenters. The number of hydrogen-bond acceptors (Lipinski definition) is 2. The molecule has 0 heterocycles. The van der Waals surface area contributed by atoms with E-state index in [-0.39, 0.29) is 12.1 Å². The van der Waals surface area contributed by atoms with Crippen LogP contribution < -0.4 is 5.32 Å². The van der Waals surface area contributed by atoms with E-state index < -0.39 is 0 Å². The molecular formula is C13H19NO. The average Bonchev–Trinajstić information content (AvgIpc) is 3.10. The summed E-state index contributed by atoms with van der Waals surface area (Å²) < 4.78 is 0. The first-order valence-electron chi connectivity index (χ1n) is 5.80. The third-order valence-corrected chi connectivity index (χ3v) is 2.99. The Morgan fingerprint density at radius 2 is 2.00 bits per heavy atom. The first kappa shape index (κ1) is 10.7. The van der Waals surface area contributed by atoms with Gasteiger partial charge in [0.1, 0.15) is 0 Å². The summed E-state index contributed by atoms with van der Waals surface area (Å²) in [5.41, 5.74) is 1.01. The van der Waals surface area contributed by atoms with Crippen molar-refractivity contribution in [3.8, 4) is 0 Å². The lowest BCUT2D eigenvalue weighted by molar-refractivity contribution is 0.125. The Labute approximate surface area is 91.3 Å². The van der Waals surface area contributed by atoms with Gasteiger partial charge in [-0.25, -0.2) is 0 Å². The molecule has 2 N–H and O–H groups in total. The van der Waals surface area contributed by atoms with Crippen LogP contribution in [0.5, 0.6) is 0 Å². The number of hydrogen-bond donors (Lipinski definition) is 2. The third kappa shape index (κ3) is 2.80. The lowest BCUT2D eigenvalue weighted by Gasteiger charge is -2.23. The van der Waals surface area contributed by atoms with E-state index in [0.717, 1.165) is 12.0 Å². The molecule has 1 aromatic carbocycles. The Bertz CT molecular complexity index is 295. The molecule has 1 fully saturated rings. The Kier molecular flexibility index (Phi) is 3.39. The zero-order valence-electron chi connectivity index (χ0n) is 9.19. The zero-order chi connectivity index (χ0) is 10.7. The molecule has 0 amide bonds. The highest BCUT2D eigenvalue weighted by Crippen LogP contribution is 2.25. The molecule has 1 aliphatic rings. The van der Waals surface area contributed by atoms with Crippen LogP contribution in [0.3, 0.4) is 0 Å². The molecule has 2 rings (SSSR count). The summed E-state index contributed by atoms with van der Waals surface area (Å²) in [6, 6.07) is 10.7. The monoisotopic (exact) mass is 205 g/mol. The summed E-state index contributed by atoms with van der Waals surface area (Å²) in [5.74, 6) is 0. The normalized spacial score (nSPS) is 19.9. The molecule has 2 nitrogen and oxygen atoms in total. The van der Waals surface area contributed by atoms with Crippen molar-refractivity contribution in [3.63, 3.8) is 0 Å². The Morgan fingerprint density at radius 1 is 1.33 bits per heavy atom. The van der Waals surface area contributed by atoms with E-state index in [1.807, 2.05) is 30.3 Å². The molecule has 1 saturated carbocycles. The predicted molar refractivity (Wildman–Crippen MR) is 61.6 cm³/mol. The van der Waals surface area contributed by atoms with Crippen molar-refractivity contribution in [2.24, 2.45) is 0 Å². The van der Waals surface area contributed by atoms with Crippen LogP contribution in [0.4, 0.5) is 0 Å². The van der Waals surface area contributed by atoms with Crippen molar-refractivity contribution in [1.29, 1.82) is 0 Å². The lowest BCUT2D eigenvalue weighted by atomic mass is 10.0. The molecule has 0 spiro atoms. The topological polar surface area (TPSA) is 32.3 Å². The maximum Gasteiger partial charge on any atom is 0.0942 e. The number of nitrogens with one attached hydrogen (secondary N) is 1. The van der Waals surface area contributed by atoms with E-state index in [0.29, 0.717) is 6.04 Å². The molecule has 0 aliphatic heterocycles. The summed E-state index contributed by atoms with van der Waals surface area (Å²) in [6.07, 6.45) is 3.11. The molecule has 0 aromatic heterocycles. The van der Waals surface area contributed by atoms with Crippen LogP contribution in [-0.4, -0.2) is 17.2 Å². The average molecular weight is 205 g/mol. The number of aliphatic hydroxyl groups is 1. The van der Waals surface area contributed by atoms with Crippen LogP contribution in [0.1, 0.15) is 37.9 Å². The van der Waals surface area contributed by atoms with Crippen LogP contribution in [0, 0.1) is 0 Å². The second-order valence-corrected chi connectivity index (χ2v) is 4.31. The van der Waals surface area contributed by atoms with Crippen LogP contribution in [0.15, 0.2) is 30.3 Å². The molecule has 15 heavy (non-hydrogen) atoms. The highest BCUT2D eigenvalue weighted by Gasteiger charge is 2.27. The van der Waals surface area contributed by atoms with Gasteiger partial charge in [0.05, 0.1) is 6.10 Å². The fourth-order valence-electron chi connectivity index (χ4n) is 1.87. The van der Waals surface area contributed by atoms with Crippen LogP contribution in [0.2, 0.25) is 0 Å². The van der Waals surface area contributed by atoms with Gasteiger partial charge in [-0.15, -0.1) is 0 Å². The maximum absolute atomic E-state index is 10.2. The molecule has 1 aliphatic carbocycles. The maximum atomic E-state index is 10.2. The van der Waals surface area contributed by atoms with E-state index in [1.54, 1.807) is 0 Å². The first-order chi connectivity index (χ1) is 7.31. The van der Waals surface area contributed by atoms with E-state index in [1.165, 1.54) is 12.8 Å². The second kappa shape index (κ2) is 4.77. The molecule has 0 bridgehead atoms. The molecule has 82 valence electrons. The van der Waals surface area contributed by atoms with Gasteiger partial charge in [0, 0.05) is 12.1 Å². The van der Waals surface area contributed by atoms with E-state index >= 15 is 0 Å². The fraction of sp³-hybridized carbons (Fsp3) is 0.538. The van der Waals surface area contributed by atoms with Crippen LogP contribution in [-0.2, 0) is 0 Å². The summed E-state index contributed by atoms with van der Waals surface area (Å²) >= 11 is 0. The minimum Gasteiger partial charge on any atom is -0.387 e. The van der Waals surface area contributed by atoms with Gasteiger partial charge in [-0.05, 0) is 24.8 Å². The van der Waals surface area contributed by atoms with Gasteiger partial charge < -0.3 is 10.4 Å². The number of benzene rings is 1. The summed E-state index contributed by atoms with van der Waals surface area (Å²) in [4.78, 5) is 0. The van der Waals surface area contributed by atoms with Crippen molar-refractivity contribution in [2.75, 3.05) is 0 Å². The van der Waals surface area contributed by atoms with Crippen LogP contribution >= 0.6 is 0 Å². The third-order valence-electron chi connectivity index (χ3n) is 2.99. The molecule has 0 saturated heterocycles. The standard InChI is InChI=1S/C13H19NO/c1-2-12(14-11-8-9-11)13(15)10-6-4-3-5-7-10/h3-7,11-15H,2,8-9H2,1H3. The van der Waals surface area contributed by atoms with E-state index in [9.17, 15) is 5.11 Å². The van der Waals surface area contributed by atoms with Gasteiger partial charge in [-0.2, -0.15) is 0 Å². The minimum atomic E-state index is -0.378. The van der Waals surface area contributed by atoms with Gasteiger partial charge >= 0.3 is 0 Å². The lowest BCUT2D eigenvalue weighted by Crippen LogP contribution is -2.35. The van der Waals surface area contributed by atoms with Crippen LogP contribution in [0.25, 0.3) is 0 Å². The zero-order valence-corrected chi connectivity index (χ0v) is 9.19. The minimum absolute atomic E-state index is 0.194. The Morgan fingerprint density at radius 3 is 2.53 bits per heavy atom. The fourth-order valence-corrected chi connectivity index (χ4v) is 1.87. The van der Waals surface area contributed by atoms with Gasteiger partial charge in [0.15, 0.2) is 0 Å². The predicted octanol–water partition coefficient (Wildman–Crippen LogP) is 2.25. The quantitative estimate of drug-likeness (QED) is 0.772. The number of aliphatic hydroxyl groups excluding tert-OH is 1. The SMILES string of the molecule is CCC(NC1CC1)C(O)c1ccccc1. The highest BCUT2D eigenvalue weighted by atomic mass is 16.3. The summed E-state index contributed by atoms with van der Waals surface area (Å²) in [7, 11) is 0. The summed E-state index contributed by atoms with van der Waals surface area (Å²) in [6.45, 7) is 2.12. The first-order valence-corrected chi connectivity index (χ1v) is 5.80. The molecule has 1 aromatic rings. The summed E-state index contributed by atoms with van der Waals surface area (Å²) in [5, 5.41) is 13.7. The van der Waals surface area contributed by atoms with Crippen molar-refractivity contribution in [2.45, 2.75) is 44.4 Å². The van der Waals surface area contributed by atoms with Crippen molar-refractivity contribution in [3.05, 3.63) is 35.9 Å². The van der Waals surface area contributed by atoms with Crippen molar-refractivity contribution in [1.82, 2.24) is 5.32 Å². The molecule has 2 unspecified atom stereocenters. The van der Waals surface area contributed by atoms with Crippen molar-refractivity contribution < 1.29 is 5.11 Å². The molecular weight excluding hydrogens is 186 g/mol. The van der Waals surface area contributed by atoms with Gasteiger partial charge in [-0.1, -0.05) is 37.3 Å². The Hall–Kier alpha value is -0.860. The van der Waals surface area contributed by atoms with Gasteiger partial charge in [0.25, 0.3) is 0 Å². The highest BCUT2D eigenvalue weighted by molar-refractivity contribution is 5.19. The molecule has 2 heteroatoms. The van der Waals surface area contributed by atoms with Gasteiger partial charge in [-0.3, -0.25) is 0 Å². The number of rotatable bonds is 5.